The van der Waals surface area contributed by atoms with Crippen LogP contribution < -0.4 is 10.1 Å². The fourth-order valence-electron chi connectivity index (χ4n) is 2.50. The first-order valence-electron chi connectivity index (χ1n) is 7.79. The van der Waals surface area contributed by atoms with Crippen molar-refractivity contribution in [2.45, 2.75) is 13.8 Å². The summed E-state index contributed by atoms with van der Waals surface area (Å²) in [5.41, 5.74) is 3.67. The molecule has 1 N–H and O–H groups in total. The van der Waals surface area contributed by atoms with Gasteiger partial charge < -0.3 is 14.5 Å². The Kier molecular flexibility index (Phi) is 4.81. The second kappa shape index (κ2) is 7.03. The predicted octanol–water partition coefficient (Wildman–Crippen LogP) is 5.36. The molecule has 3 aromatic rings. The maximum absolute atomic E-state index is 12.1. The number of nitrogens with one attached hydrogen (secondary N) is 1. The summed E-state index contributed by atoms with van der Waals surface area (Å²) in [5, 5.41) is 4.21. The Morgan fingerprint density at radius 3 is 2.68 bits per heavy atom. The number of hydrogen-bond acceptors (Lipinski definition) is 3. The number of rotatable bonds is 4. The number of fused-ring (bicyclic) bond motifs is 1. The van der Waals surface area contributed by atoms with Crippen LogP contribution in [0.3, 0.4) is 0 Å². The Morgan fingerprint density at radius 1 is 1.16 bits per heavy atom. The highest BCUT2D eigenvalue weighted by Gasteiger charge is 2.09. The first-order valence-corrected chi connectivity index (χ1v) is 8.17. The molecule has 0 fully saturated rings. The number of carbonyl (C=O) groups is 1. The van der Waals surface area contributed by atoms with Gasteiger partial charge in [0, 0.05) is 28.2 Å². The number of aryl methyl sites for hydroxylation is 2. The van der Waals surface area contributed by atoms with Gasteiger partial charge in [0.2, 0.25) is 5.91 Å². The van der Waals surface area contributed by atoms with Gasteiger partial charge in [-0.25, -0.2) is 0 Å². The molecule has 25 heavy (non-hydrogen) atoms. The molecular formula is C20H18ClNO3. The molecule has 1 amide bonds. The van der Waals surface area contributed by atoms with Crippen molar-refractivity contribution in [3.05, 3.63) is 64.4 Å². The lowest BCUT2D eigenvalue weighted by atomic mass is 10.1. The van der Waals surface area contributed by atoms with Crippen molar-refractivity contribution in [2.75, 3.05) is 12.4 Å². The lowest BCUT2D eigenvalue weighted by molar-refractivity contribution is -0.111. The number of anilines is 1. The second-order valence-electron chi connectivity index (χ2n) is 5.80. The highest BCUT2D eigenvalue weighted by atomic mass is 35.5. The summed E-state index contributed by atoms with van der Waals surface area (Å²) < 4.78 is 11.0. The van der Waals surface area contributed by atoms with E-state index in [1.165, 1.54) is 11.6 Å². The highest BCUT2D eigenvalue weighted by molar-refractivity contribution is 6.31. The third-order valence-electron chi connectivity index (χ3n) is 3.96. The van der Waals surface area contributed by atoms with Crippen LogP contribution in [0, 0.1) is 13.8 Å². The third-order valence-corrected chi connectivity index (χ3v) is 4.18. The minimum absolute atomic E-state index is 0.228. The van der Waals surface area contributed by atoms with Crippen LogP contribution >= 0.6 is 11.6 Å². The van der Waals surface area contributed by atoms with E-state index < -0.39 is 0 Å². The van der Waals surface area contributed by atoms with Crippen LogP contribution in [0.4, 0.5) is 5.69 Å². The van der Waals surface area contributed by atoms with Crippen molar-refractivity contribution in [1.82, 2.24) is 0 Å². The maximum Gasteiger partial charge on any atom is 0.248 e. The standard InChI is InChI=1S/C20H18ClNO3/c1-12-4-5-16(8-13(12)2)22-19(23)7-6-17-10-14-9-15(21)11-18(24-3)20(14)25-17/h4-11H,1-3H3,(H,22,23). The minimum atomic E-state index is -0.228. The minimum Gasteiger partial charge on any atom is -0.493 e. The average molecular weight is 356 g/mol. The van der Waals surface area contributed by atoms with Gasteiger partial charge >= 0.3 is 0 Å². The van der Waals surface area contributed by atoms with Gasteiger partial charge in [-0.1, -0.05) is 17.7 Å². The molecule has 0 spiro atoms. The van der Waals surface area contributed by atoms with Crippen LogP contribution in [0.5, 0.6) is 5.75 Å². The van der Waals surface area contributed by atoms with E-state index in [-0.39, 0.29) is 5.91 Å². The molecule has 0 atom stereocenters. The molecule has 0 aliphatic heterocycles. The van der Waals surface area contributed by atoms with E-state index >= 15 is 0 Å². The van der Waals surface area contributed by atoms with Gasteiger partial charge in [0.15, 0.2) is 11.3 Å². The lowest BCUT2D eigenvalue weighted by Gasteiger charge is -2.05. The van der Waals surface area contributed by atoms with Crippen molar-refractivity contribution >= 4 is 40.2 Å². The monoisotopic (exact) mass is 355 g/mol. The molecule has 1 aromatic heterocycles. The van der Waals surface area contributed by atoms with Crippen molar-refractivity contribution in [3.63, 3.8) is 0 Å². The lowest BCUT2D eigenvalue weighted by Crippen LogP contribution is -2.07. The van der Waals surface area contributed by atoms with Crippen LogP contribution in [0.15, 0.2) is 46.9 Å². The van der Waals surface area contributed by atoms with Gasteiger partial charge in [-0.05, 0) is 55.3 Å². The molecular weight excluding hydrogens is 338 g/mol. The van der Waals surface area contributed by atoms with Gasteiger partial charge in [-0.15, -0.1) is 0 Å². The molecule has 128 valence electrons. The van der Waals surface area contributed by atoms with Gasteiger partial charge in [0.05, 0.1) is 7.11 Å². The second-order valence-corrected chi connectivity index (χ2v) is 6.23. The average Bonchev–Trinajstić information content (AvgIpc) is 2.98. The van der Waals surface area contributed by atoms with Crippen LogP contribution in [-0.2, 0) is 4.79 Å². The Balaban J connectivity index is 1.78. The van der Waals surface area contributed by atoms with E-state index in [4.69, 9.17) is 20.8 Å². The zero-order chi connectivity index (χ0) is 18.0. The zero-order valence-corrected chi connectivity index (χ0v) is 15.0. The SMILES string of the molecule is COc1cc(Cl)cc2cc(C=CC(=O)Nc3ccc(C)c(C)c3)oc12. The van der Waals surface area contributed by atoms with E-state index in [1.807, 2.05) is 38.1 Å². The number of carbonyl (C=O) groups excluding carboxylic acids is 1. The van der Waals surface area contributed by atoms with Gasteiger partial charge in [0.25, 0.3) is 0 Å². The normalized spacial score (nSPS) is 11.2. The number of hydrogen-bond donors (Lipinski definition) is 1. The van der Waals surface area contributed by atoms with Gasteiger partial charge in [-0.3, -0.25) is 4.79 Å². The summed E-state index contributed by atoms with van der Waals surface area (Å²) in [6, 6.07) is 11.1. The largest absolute Gasteiger partial charge is 0.493 e. The molecule has 0 aliphatic rings. The number of ether oxygens (including phenoxy) is 1. The number of benzene rings is 2. The van der Waals surface area contributed by atoms with Crippen molar-refractivity contribution in [1.29, 1.82) is 0 Å². The first kappa shape index (κ1) is 17.1. The molecule has 1 heterocycles. The molecule has 2 aromatic carbocycles. The summed E-state index contributed by atoms with van der Waals surface area (Å²) in [6.07, 6.45) is 3.05. The highest BCUT2D eigenvalue weighted by Crippen LogP contribution is 2.32. The summed E-state index contributed by atoms with van der Waals surface area (Å²) in [7, 11) is 1.56. The van der Waals surface area contributed by atoms with Crippen LogP contribution in [0.25, 0.3) is 17.0 Å². The molecule has 0 bridgehead atoms. The zero-order valence-electron chi connectivity index (χ0n) is 14.2. The summed E-state index contributed by atoms with van der Waals surface area (Å²) in [4.78, 5) is 12.1. The first-order chi connectivity index (χ1) is 12.0. The van der Waals surface area contributed by atoms with Gasteiger partial charge in [0.1, 0.15) is 5.76 Å². The molecule has 5 heteroatoms. The number of halogens is 1. The number of methoxy groups -OCH3 is 1. The number of amides is 1. The van der Waals surface area contributed by atoms with Crippen molar-refractivity contribution < 1.29 is 13.9 Å². The van der Waals surface area contributed by atoms with E-state index in [2.05, 4.69) is 5.32 Å². The molecule has 0 saturated heterocycles. The predicted molar refractivity (Wildman–Crippen MR) is 101 cm³/mol. The Morgan fingerprint density at radius 2 is 1.96 bits per heavy atom. The Labute approximate surface area is 151 Å². The molecule has 0 aliphatic carbocycles. The molecule has 3 rings (SSSR count). The van der Waals surface area contributed by atoms with E-state index in [9.17, 15) is 4.79 Å². The summed E-state index contributed by atoms with van der Waals surface area (Å²) in [5.74, 6) is 0.876. The van der Waals surface area contributed by atoms with Crippen LogP contribution in [-0.4, -0.2) is 13.0 Å². The Bertz CT molecular complexity index is 972. The van der Waals surface area contributed by atoms with E-state index in [1.54, 1.807) is 25.3 Å². The maximum atomic E-state index is 12.1. The van der Waals surface area contributed by atoms with E-state index in [0.29, 0.717) is 22.1 Å². The molecule has 0 radical (unpaired) electrons. The topological polar surface area (TPSA) is 51.5 Å². The van der Waals surface area contributed by atoms with Crippen LogP contribution in [0.2, 0.25) is 5.02 Å². The van der Waals surface area contributed by atoms with E-state index in [0.717, 1.165) is 16.6 Å². The summed E-state index contributed by atoms with van der Waals surface area (Å²) >= 11 is 6.05. The molecule has 4 nitrogen and oxygen atoms in total. The quantitative estimate of drug-likeness (QED) is 0.640. The Hall–Kier alpha value is -2.72. The third kappa shape index (κ3) is 3.86. The molecule has 0 saturated carbocycles. The fourth-order valence-corrected chi connectivity index (χ4v) is 2.72. The molecule has 0 unspecified atom stereocenters. The van der Waals surface area contributed by atoms with Crippen LogP contribution in [0.1, 0.15) is 16.9 Å². The number of furan rings is 1. The van der Waals surface area contributed by atoms with Crippen molar-refractivity contribution in [2.24, 2.45) is 0 Å². The van der Waals surface area contributed by atoms with Crippen molar-refractivity contribution in [3.8, 4) is 5.75 Å². The smallest absolute Gasteiger partial charge is 0.248 e. The van der Waals surface area contributed by atoms with Gasteiger partial charge in [-0.2, -0.15) is 0 Å². The fraction of sp³-hybridized carbons (Fsp3) is 0.150. The summed E-state index contributed by atoms with van der Waals surface area (Å²) in [6.45, 7) is 4.04.